The number of nitrogens with zero attached hydrogens (tertiary/aromatic N) is 3. The normalized spacial score (nSPS) is 21.7. The second kappa shape index (κ2) is 9.15. The van der Waals surface area contributed by atoms with E-state index >= 15 is 0 Å². The van der Waals surface area contributed by atoms with Crippen molar-refractivity contribution in [3.63, 3.8) is 0 Å². The Balaban J connectivity index is 1.57. The molecular formula is C25H31FN4O2S. The molecule has 3 unspecified atom stereocenters. The zero-order valence-electron chi connectivity index (χ0n) is 19.5. The van der Waals surface area contributed by atoms with Crippen molar-refractivity contribution in [2.24, 2.45) is 9.50 Å². The molecule has 2 aliphatic rings. The largest absolute Gasteiger partial charge is 0.345 e. The van der Waals surface area contributed by atoms with Crippen LogP contribution in [0.25, 0.3) is 0 Å². The number of halogens is 1. The molecule has 0 aromatic heterocycles. The topological polar surface area (TPSA) is 95.0 Å². The molecule has 1 aliphatic heterocycles. The molecule has 2 N–H and O–H groups in total. The van der Waals surface area contributed by atoms with Crippen LogP contribution in [0, 0.1) is 17.1 Å². The van der Waals surface area contributed by atoms with Crippen molar-refractivity contribution in [1.29, 1.82) is 5.26 Å². The first-order valence-corrected chi connectivity index (χ1v) is 12.9. The van der Waals surface area contributed by atoms with Crippen molar-refractivity contribution in [3.8, 4) is 6.07 Å². The van der Waals surface area contributed by atoms with Crippen LogP contribution >= 0.6 is 0 Å². The third-order valence-corrected chi connectivity index (χ3v) is 7.60. The number of hydrogen-bond donors (Lipinski definition) is 1. The zero-order chi connectivity index (χ0) is 23.9. The van der Waals surface area contributed by atoms with Crippen molar-refractivity contribution >= 4 is 9.92 Å². The Morgan fingerprint density at radius 1 is 1.30 bits per heavy atom. The number of ether oxygens (including phenoxy) is 1. The molecule has 1 heterocycles. The number of rotatable bonds is 8. The van der Waals surface area contributed by atoms with Crippen molar-refractivity contribution in [3.05, 3.63) is 64.0 Å². The van der Waals surface area contributed by atoms with Gasteiger partial charge in [-0.2, -0.15) is 9.62 Å². The maximum atomic E-state index is 14.7. The molecule has 1 saturated heterocycles. The first-order valence-electron chi connectivity index (χ1n) is 11.3. The van der Waals surface area contributed by atoms with Gasteiger partial charge in [0.1, 0.15) is 21.8 Å². The van der Waals surface area contributed by atoms with E-state index in [1.165, 1.54) is 23.3 Å². The minimum Gasteiger partial charge on any atom is -0.345 e. The van der Waals surface area contributed by atoms with Crippen LogP contribution in [-0.2, 0) is 27.6 Å². The minimum absolute atomic E-state index is 0.0980. The SMILES string of the molecule is CC(C)c1cc(C#N)cc(C2CC2)c1CC1OC1N=S(N)(=O)c1ccc(CN(C)C)cc1F. The maximum Gasteiger partial charge on any atom is 0.185 e. The molecule has 0 radical (unpaired) electrons. The molecule has 8 heteroatoms. The van der Waals surface area contributed by atoms with Gasteiger partial charge in [0.15, 0.2) is 6.23 Å². The van der Waals surface area contributed by atoms with E-state index in [0.29, 0.717) is 24.4 Å². The molecule has 33 heavy (non-hydrogen) atoms. The highest BCUT2D eigenvalue weighted by Gasteiger charge is 2.42. The zero-order valence-corrected chi connectivity index (χ0v) is 20.4. The highest BCUT2D eigenvalue weighted by atomic mass is 32.2. The summed E-state index contributed by atoms with van der Waals surface area (Å²) in [6.45, 7) is 4.80. The van der Waals surface area contributed by atoms with E-state index in [2.05, 4.69) is 24.3 Å². The molecule has 0 amide bonds. The second-order valence-electron chi connectivity index (χ2n) is 9.62. The van der Waals surface area contributed by atoms with Gasteiger partial charge >= 0.3 is 0 Å². The first kappa shape index (κ1) is 23.8. The number of benzene rings is 2. The lowest BCUT2D eigenvalue weighted by molar-refractivity contribution is 0.373. The Morgan fingerprint density at radius 2 is 2.03 bits per heavy atom. The highest BCUT2D eigenvalue weighted by Crippen LogP contribution is 2.45. The molecule has 4 rings (SSSR count). The van der Waals surface area contributed by atoms with Crippen LogP contribution in [0.1, 0.15) is 66.3 Å². The Kier molecular flexibility index (Phi) is 6.61. The van der Waals surface area contributed by atoms with Gasteiger partial charge in [0.2, 0.25) is 0 Å². The maximum absolute atomic E-state index is 14.7. The quantitative estimate of drug-likeness (QED) is 0.578. The fourth-order valence-electron chi connectivity index (χ4n) is 4.32. The molecular weight excluding hydrogens is 439 g/mol. The van der Waals surface area contributed by atoms with E-state index in [4.69, 9.17) is 9.88 Å². The van der Waals surface area contributed by atoms with Gasteiger partial charge in [-0.15, -0.1) is 0 Å². The van der Waals surface area contributed by atoms with Gasteiger partial charge in [-0.3, -0.25) is 0 Å². The average Bonchev–Trinajstić information content (AvgIpc) is 3.64. The fourth-order valence-corrected chi connectivity index (χ4v) is 5.53. The van der Waals surface area contributed by atoms with E-state index in [1.807, 2.05) is 31.1 Å². The van der Waals surface area contributed by atoms with Gasteiger partial charge in [-0.25, -0.2) is 13.7 Å². The van der Waals surface area contributed by atoms with Gasteiger partial charge < -0.3 is 9.64 Å². The van der Waals surface area contributed by atoms with E-state index in [0.717, 1.165) is 24.0 Å². The van der Waals surface area contributed by atoms with Gasteiger partial charge in [-0.1, -0.05) is 19.9 Å². The summed E-state index contributed by atoms with van der Waals surface area (Å²) in [6, 6.07) is 10.8. The van der Waals surface area contributed by atoms with E-state index in [-0.39, 0.29) is 16.9 Å². The Labute approximate surface area is 195 Å². The van der Waals surface area contributed by atoms with Crippen LogP contribution in [0.15, 0.2) is 39.6 Å². The molecule has 3 atom stereocenters. The first-order chi connectivity index (χ1) is 15.6. The molecule has 176 valence electrons. The van der Waals surface area contributed by atoms with Crippen LogP contribution in [0.3, 0.4) is 0 Å². The molecule has 0 bridgehead atoms. The number of nitrogens with two attached hydrogens (primary N) is 1. The van der Waals surface area contributed by atoms with Gasteiger partial charge in [-0.05, 0) is 85.3 Å². The van der Waals surface area contributed by atoms with Gasteiger partial charge in [0.05, 0.1) is 16.5 Å². The molecule has 1 aliphatic carbocycles. The predicted molar refractivity (Wildman–Crippen MR) is 126 cm³/mol. The van der Waals surface area contributed by atoms with Crippen LogP contribution in [-0.4, -0.2) is 35.5 Å². The molecule has 2 aromatic carbocycles. The molecule has 0 spiro atoms. The Bertz CT molecular complexity index is 1200. The van der Waals surface area contributed by atoms with Crippen LogP contribution in [0.4, 0.5) is 4.39 Å². The Hall–Kier alpha value is -2.31. The summed E-state index contributed by atoms with van der Waals surface area (Å²) >= 11 is 0. The van der Waals surface area contributed by atoms with Crippen LogP contribution in [0.2, 0.25) is 0 Å². The van der Waals surface area contributed by atoms with Crippen molar-refractivity contribution in [2.75, 3.05) is 14.1 Å². The monoisotopic (exact) mass is 470 g/mol. The number of nitriles is 1. The van der Waals surface area contributed by atoms with E-state index in [1.54, 1.807) is 6.07 Å². The molecule has 2 aromatic rings. The van der Waals surface area contributed by atoms with E-state index < -0.39 is 22.0 Å². The highest BCUT2D eigenvalue weighted by molar-refractivity contribution is 7.91. The van der Waals surface area contributed by atoms with Crippen molar-refractivity contribution < 1.29 is 13.3 Å². The summed E-state index contributed by atoms with van der Waals surface area (Å²) in [5.41, 5.74) is 4.99. The summed E-state index contributed by atoms with van der Waals surface area (Å²) in [4.78, 5) is 1.82. The fraction of sp³-hybridized carbons (Fsp3) is 0.480. The predicted octanol–water partition coefficient (Wildman–Crippen LogP) is 4.43. The van der Waals surface area contributed by atoms with Gasteiger partial charge in [0.25, 0.3) is 0 Å². The number of hydrogen-bond acceptors (Lipinski definition) is 5. The lowest BCUT2D eigenvalue weighted by Gasteiger charge is -2.17. The van der Waals surface area contributed by atoms with Crippen LogP contribution < -0.4 is 5.14 Å². The third kappa shape index (κ3) is 5.44. The molecule has 2 fully saturated rings. The van der Waals surface area contributed by atoms with Crippen molar-refractivity contribution in [1.82, 2.24) is 4.90 Å². The second-order valence-corrected chi connectivity index (χ2v) is 11.4. The third-order valence-electron chi connectivity index (χ3n) is 6.12. The molecule has 1 saturated carbocycles. The van der Waals surface area contributed by atoms with E-state index in [9.17, 15) is 13.9 Å². The lowest BCUT2D eigenvalue weighted by atomic mass is 9.87. The standard InChI is InChI=1S/C25H31FN4O2S/c1-15(2)19-9-17(13-27)10-20(18-6-7-18)21(19)12-23-25(32-23)29-33(28,31)24-8-5-16(11-22(24)26)14-30(3)4/h5,8-11,15,18,23,25H,6-7,12,14H2,1-4H3,(H2,28,29,31). The summed E-state index contributed by atoms with van der Waals surface area (Å²) in [7, 11) is 0.357. The Morgan fingerprint density at radius 3 is 2.61 bits per heavy atom. The summed E-state index contributed by atoms with van der Waals surface area (Å²) in [6.07, 6.45) is 1.97. The minimum atomic E-state index is -3.43. The molecule has 6 nitrogen and oxygen atoms in total. The summed E-state index contributed by atoms with van der Waals surface area (Å²) < 4.78 is 37.7. The summed E-state index contributed by atoms with van der Waals surface area (Å²) in [5.74, 6) is 0.120. The average molecular weight is 471 g/mol. The smallest absolute Gasteiger partial charge is 0.185 e. The van der Waals surface area contributed by atoms with Crippen LogP contribution in [0.5, 0.6) is 0 Å². The van der Waals surface area contributed by atoms with Crippen molar-refractivity contribution in [2.45, 2.75) is 68.7 Å². The van der Waals surface area contributed by atoms with Gasteiger partial charge in [0, 0.05) is 13.0 Å². The number of epoxide rings is 1. The summed E-state index contributed by atoms with van der Waals surface area (Å²) in [5, 5.41) is 15.4. The lowest BCUT2D eigenvalue weighted by Crippen LogP contribution is -2.17.